The van der Waals surface area contributed by atoms with E-state index in [9.17, 15) is 4.79 Å². The fourth-order valence-corrected chi connectivity index (χ4v) is 1.71. The fourth-order valence-electron chi connectivity index (χ4n) is 1.71. The molecule has 4 heteroatoms. The van der Waals surface area contributed by atoms with Crippen molar-refractivity contribution >= 4 is 6.09 Å². The number of amides is 1. The number of methoxy groups -OCH3 is 1. The highest BCUT2D eigenvalue weighted by molar-refractivity contribution is 5.68. The lowest BCUT2D eigenvalue weighted by atomic mass is 10.1. The summed E-state index contributed by atoms with van der Waals surface area (Å²) >= 11 is 0. The van der Waals surface area contributed by atoms with Crippen molar-refractivity contribution in [3.8, 4) is 5.75 Å². The largest absolute Gasteiger partial charge is 0.496 e. The molecule has 0 aliphatic heterocycles. The summed E-state index contributed by atoms with van der Waals surface area (Å²) in [7, 11) is 3.35. The first kappa shape index (κ1) is 15.3. The molecule has 0 N–H and O–H groups in total. The van der Waals surface area contributed by atoms with Gasteiger partial charge in [0.25, 0.3) is 0 Å². The van der Waals surface area contributed by atoms with Gasteiger partial charge in [0.15, 0.2) is 0 Å². The molecule has 0 aromatic heterocycles. The zero-order valence-electron chi connectivity index (χ0n) is 12.6. The van der Waals surface area contributed by atoms with E-state index in [0.29, 0.717) is 0 Å². The van der Waals surface area contributed by atoms with Crippen LogP contribution in [-0.4, -0.2) is 30.8 Å². The van der Waals surface area contributed by atoms with Gasteiger partial charge in [0.1, 0.15) is 11.4 Å². The highest BCUT2D eigenvalue weighted by Gasteiger charge is 2.25. The van der Waals surface area contributed by atoms with E-state index in [1.54, 1.807) is 19.1 Å². The van der Waals surface area contributed by atoms with Crippen LogP contribution in [-0.2, 0) is 4.74 Å². The van der Waals surface area contributed by atoms with E-state index in [1.165, 1.54) is 0 Å². The molecule has 0 spiro atoms. The zero-order valence-corrected chi connectivity index (χ0v) is 12.6. The number of ether oxygens (including phenoxy) is 2. The van der Waals surface area contributed by atoms with Crippen LogP contribution >= 0.6 is 0 Å². The summed E-state index contributed by atoms with van der Waals surface area (Å²) in [5.41, 5.74) is 0.463. The fraction of sp³-hybridized carbons (Fsp3) is 0.533. The minimum absolute atomic E-state index is 0.119. The van der Waals surface area contributed by atoms with Gasteiger partial charge < -0.3 is 14.4 Å². The monoisotopic (exact) mass is 265 g/mol. The van der Waals surface area contributed by atoms with Crippen LogP contribution in [0.3, 0.4) is 0 Å². The number of benzene rings is 1. The second kappa shape index (κ2) is 5.95. The van der Waals surface area contributed by atoms with Gasteiger partial charge in [-0.05, 0) is 33.8 Å². The van der Waals surface area contributed by atoms with Gasteiger partial charge in [0.05, 0.1) is 13.2 Å². The van der Waals surface area contributed by atoms with Gasteiger partial charge in [0, 0.05) is 12.6 Å². The van der Waals surface area contributed by atoms with Crippen molar-refractivity contribution in [1.29, 1.82) is 0 Å². The van der Waals surface area contributed by atoms with Crippen molar-refractivity contribution in [2.45, 2.75) is 39.3 Å². The Balaban J connectivity index is 2.87. The number of rotatable bonds is 3. The third-order valence-electron chi connectivity index (χ3n) is 2.85. The predicted molar refractivity (Wildman–Crippen MR) is 75.4 cm³/mol. The number of hydrogen-bond donors (Lipinski definition) is 0. The summed E-state index contributed by atoms with van der Waals surface area (Å²) in [6.07, 6.45) is -0.342. The van der Waals surface area contributed by atoms with E-state index < -0.39 is 5.60 Å². The van der Waals surface area contributed by atoms with Gasteiger partial charge in [-0.25, -0.2) is 4.79 Å². The molecule has 4 nitrogen and oxygen atoms in total. The first-order valence-electron chi connectivity index (χ1n) is 6.35. The first-order chi connectivity index (χ1) is 8.76. The molecular formula is C15H23NO3. The Kier molecular flexibility index (Phi) is 4.81. The normalized spacial score (nSPS) is 12.7. The van der Waals surface area contributed by atoms with Crippen LogP contribution in [0.15, 0.2) is 24.3 Å². The summed E-state index contributed by atoms with van der Waals surface area (Å²) < 4.78 is 10.7. The Bertz CT molecular complexity index is 437. The predicted octanol–water partition coefficient (Wildman–Crippen LogP) is 3.62. The average Bonchev–Trinajstić information content (AvgIpc) is 2.34. The maximum atomic E-state index is 12.0. The van der Waals surface area contributed by atoms with E-state index in [1.807, 2.05) is 52.0 Å². The molecule has 0 saturated heterocycles. The van der Waals surface area contributed by atoms with E-state index in [4.69, 9.17) is 9.47 Å². The van der Waals surface area contributed by atoms with Crippen LogP contribution in [0.5, 0.6) is 5.75 Å². The molecule has 106 valence electrons. The lowest BCUT2D eigenvalue weighted by Crippen LogP contribution is -2.35. The van der Waals surface area contributed by atoms with Gasteiger partial charge in [0.2, 0.25) is 0 Å². The van der Waals surface area contributed by atoms with Crippen molar-refractivity contribution in [2.75, 3.05) is 14.2 Å². The topological polar surface area (TPSA) is 38.8 Å². The molecule has 19 heavy (non-hydrogen) atoms. The van der Waals surface area contributed by atoms with Gasteiger partial charge in [-0.2, -0.15) is 0 Å². The molecule has 1 amide bonds. The van der Waals surface area contributed by atoms with Crippen molar-refractivity contribution in [3.05, 3.63) is 29.8 Å². The minimum atomic E-state index is -0.494. The highest BCUT2D eigenvalue weighted by Crippen LogP contribution is 2.28. The second-order valence-corrected chi connectivity index (χ2v) is 5.51. The number of carbonyl (C=O) groups excluding carboxylic acids is 1. The van der Waals surface area contributed by atoms with E-state index in [0.717, 1.165) is 11.3 Å². The first-order valence-corrected chi connectivity index (χ1v) is 6.35. The van der Waals surface area contributed by atoms with Crippen molar-refractivity contribution in [3.63, 3.8) is 0 Å². The number of carbonyl (C=O) groups is 1. The summed E-state index contributed by atoms with van der Waals surface area (Å²) in [5, 5.41) is 0. The van der Waals surface area contributed by atoms with Crippen LogP contribution in [0.1, 0.15) is 39.3 Å². The smallest absolute Gasteiger partial charge is 0.410 e. The van der Waals surface area contributed by atoms with Crippen LogP contribution < -0.4 is 4.74 Å². The summed E-state index contributed by atoms with van der Waals surface area (Å²) in [4.78, 5) is 13.6. The SMILES string of the molecule is COc1ccccc1C(C)N(C)C(=O)OC(C)(C)C. The third-order valence-corrected chi connectivity index (χ3v) is 2.85. The van der Waals surface area contributed by atoms with E-state index in [-0.39, 0.29) is 12.1 Å². The molecule has 1 rings (SSSR count). The molecule has 0 fully saturated rings. The van der Waals surface area contributed by atoms with E-state index >= 15 is 0 Å². The van der Waals surface area contributed by atoms with Crippen molar-refractivity contribution in [2.24, 2.45) is 0 Å². The molecule has 1 unspecified atom stereocenters. The molecule has 0 saturated carbocycles. The number of hydrogen-bond acceptors (Lipinski definition) is 3. The lowest BCUT2D eigenvalue weighted by molar-refractivity contribution is 0.0232. The Morgan fingerprint density at radius 1 is 1.26 bits per heavy atom. The van der Waals surface area contributed by atoms with Crippen LogP contribution in [0.2, 0.25) is 0 Å². The molecular weight excluding hydrogens is 242 g/mol. The van der Waals surface area contributed by atoms with Crippen molar-refractivity contribution < 1.29 is 14.3 Å². The minimum Gasteiger partial charge on any atom is -0.496 e. The Labute approximate surface area is 115 Å². The average molecular weight is 265 g/mol. The van der Waals surface area contributed by atoms with Gasteiger partial charge in [-0.15, -0.1) is 0 Å². The molecule has 0 aliphatic rings. The number of nitrogens with zero attached hydrogens (tertiary/aromatic N) is 1. The Morgan fingerprint density at radius 3 is 2.37 bits per heavy atom. The molecule has 0 radical (unpaired) electrons. The third kappa shape index (κ3) is 4.16. The van der Waals surface area contributed by atoms with E-state index in [2.05, 4.69) is 0 Å². The van der Waals surface area contributed by atoms with Crippen LogP contribution in [0.4, 0.5) is 4.79 Å². The standard InChI is InChI=1S/C15H23NO3/c1-11(12-9-7-8-10-13(12)18-6)16(5)14(17)19-15(2,3)4/h7-11H,1-6H3. The molecule has 1 aromatic rings. The number of para-hydroxylation sites is 1. The molecule has 1 atom stereocenters. The van der Waals surface area contributed by atoms with Gasteiger partial charge in [-0.3, -0.25) is 0 Å². The molecule has 0 aliphatic carbocycles. The van der Waals surface area contributed by atoms with Crippen LogP contribution in [0.25, 0.3) is 0 Å². The van der Waals surface area contributed by atoms with Crippen LogP contribution in [0, 0.1) is 0 Å². The van der Waals surface area contributed by atoms with Gasteiger partial charge in [-0.1, -0.05) is 18.2 Å². The maximum absolute atomic E-state index is 12.0. The van der Waals surface area contributed by atoms with Crippen molar-refractivity contribution in [1.82, 2.24) is 4.90 Å². The quantitative estimate of drug-likeness (QED) is 0.837. The maximum Gasteiger partial charge on any atom is 0.410 e. The molecule has 0 bridgehead atoms. The summed E-state index contributed by atoms with van der Waals surface area (Å²) in [5.74, 6) is 0.769. The molecule has 1 aromatic carbocycles. The summed E-state index contributed by atoms with van der Waals surface area (Å²) in [6.45, 7) is 7.51. The Morgan fingerprint density at radius 2 is 1.84 bits per heavy atom. The Hall–Kier alpha value is -1.71. The lowest BCUT2D eigenvalue weighted by Gasteiger charge is -2.29. The summed E-state index contributed by atoms with van der Waals surface area (Å²) in [6, 6.07) is 7.55. The molecule has 0 heterocycles. The zero-order chi connectivity index (χ0) is 14.6. The second-order valence-electron chi connectivity index (χ2n) is 5.51. The van der Waals surface area contributed by atoms with Gasteiger partial charge >= 0.3 is 6.09 Å². The highest BCUT2D eigenvalue weighted by atomic mass is 16.6.